The van der Waals surface area contributed by atoms with E-state index in [1.165, 1.54) is 0 Å². The molecular formula is C23H25N3O3. The number of amides is 1. The van der Waals surface area contributed by atoms with Gasteiger partial charge in [0.2, 0.25) is 5.91 Å². The minimum absolute atomic E-state index is 0.0795. The van der Waals surface area contributed by atoms with Gasteiger partial charge >= 0.3 is 0 Å². The van der Waals surface area contributed by atoms with Gasteiger partial charge in [0.15, 0.2) is 0 Å². The molecule has 1 unspecified atom stereocenters. The lowest BCUT2D eigenvalue weighted by Crippen LogP contribution is -2.25. The average molecular weight is 391 g/mol. The van der Waals surface area contributed by atoms with Crippen LogP contribution >= 0.6 is 0 Å². The Bertz CT molecular complexity index is 1010. The van der Waals surface area contributed by atoms with Crippen LogP contribution in [-0.4, -0.2) is 47.2 Å². The van der Waals surface area contributed by atoms with E-state index in [9.17, 15) is 4.79 Å². The normalized spacial score (nSPS) is 16.4. The summed E-state index contributed by atoms with van der Waals surface area (Å²) in [6.45, 7) is 6.17. The third-order valence-corrected chi connectivity index (χ3v) is 5.26. The number of hydrogen-bond acceptors (Lipinski definition) is 4. The second kappa shape index (κ2) is 8.39. The van der Waals surface area contributed by atoms with Crippen molar-refractivity contribution in [1.29, 1.82) is 0 Å². The first kappa shape index (κ1) is 19.1. The van der Waals surface area contributed by atoms with E-state index in [0.29, 0.717) is 32.7 Å². The number of para-hydroxylation sites is 2. The summed E-state index contributed by atoms with van der Waals surface area (Å²) in [5.74, 6) is 2.78. The number of benzene rings is 2. The van der Waals surface area contributed by atoms with Crippen molar-refractivity contribution in [3.63, 3.8) is 0 Å². The van der Waals surface area contributed by atoms with Crippen LogP contribution in [-0.2, 0) is 11.3 Å². The Labute approximate surface area is 170 Å². The van der Waals surface area contributed by atoms with E-state index in [1.807, 2.05) is 47.4 Å². The van der Waals surface area contributed by atoms with Crippen LogP contribution in [0.3, 0.4) is 0 Å². The van der Waals surface area contributed by atoms with Crippen LogP contribution in [0.5, 0.6) is 11.5 Å². The summed E-state index contributed by atoms with van der Waals surface area (Å²) in [6, 6.07) is 15.6. The molecule has 150 valence electrons. The second-order valence-corrected chi connectivity index (χ2v) is 7.12. The maximum absolute atomic E-state index is 12.3. The number of imidazole rings is 1. The molecular weight excluding hydrogens is 366 g/mol. The zero-order valence-electron chi connectivity index (χ0n) is 16.6. The number of carbonyl (C=O) groups is 1. The Morgan fingerprint density at radius 1 is 1.17 bits per heavy atom. The fourth-order valence-electron chi connectivity index (χ4n) is 3.84. The molecule has 1 fully saturated rings. The highest BCUT2D eigenvalue weighted by Gasteiger charge is 2.33. The highest BCUT2D eigenvalue weighted by molar-refractivity contribution is 5.81. The van der Waals surface area contributed by atoms with E-state index in [4.69, 9.17) is 14.5 Å². The van der Waals surface area contributed by atoms with E-state index in [1.54, 1.807) is 13.2 Å². The van der Waals surface area contributed by atoms with Crippen LogP contribution in [0.15, 0.2) is 61.2 Å². The molecule has 29 heavy (non-hydrogen) atoms. The van der Waals surface area contributed by atoms with Crippen molar-refractivity contribution in [3.05, 3.63) is 67.0 Å². The second-order valence-electron chi connectivity index (χ2n) is 7.12. The van der Waals surface area contributed by atoms with E-state index in [0.717, 1.165) is 28.4 Å². The van der Waals surface area contributed by atoms with Crippen LogP contribution < -0.4 is 9.47 Å². The van der Waals surface area contributed by atoms with Gasteiger partial charge in [-0.2, -0.15) is 0 Å². The number of ether oxygens (including phenoxy) is 2. The molecule has 0 bridgehead atoms. The Morgan fingerprint density at radius 2 is 1.93 bits per heavy atom. The van der Waals surface area contributed by atoms with Crippen LogP contribution in [0.4, 0.5) is 0 Å². The van der Waals surface area contributed by atoms with Gasteiger partial charge in [-0.05, 0) is 36.4 Å². The van der Waals surface area contributed by atoms with Gasteiger partial charge in [-0.3, -0.25) is 4.79 Å². The van der Waals surface area contributed by atoms with Gasteiger partial charge in [-0.1, -0.05) is 18.2 Å². The van der Waals surface area contributed by atoms with Gasteiger partial charge in [0, 0.05) is 25.4 Å². The smallest absolute Gasteiger partial charge is 0.223 e. The Balaban J connectivity index is 1.53. The Kier molecular flexibility index (Phi) is 5.51. The number of rotatable bonds is 8. The first-order chi connectivity index (χ1) is 14.2. The molecule has 1 saturated heterocycles. The summed E-state index contributed by atoms with van der Waals surface area (Å²) < 4.78 is 13.3. The molecule has 0 radical (unpaired) electrons. The summed E-state index contributed by atoms with van der Waals surface area (Å²) >= 11 is 0. The highest BCUT2D eigenvalue weighted by atomic mass is 16.5. The summed E-state index contributed by atoms with van der Waals surface area (Å²) in [5, 5.41) is 0. The summed E-state index contributed by atoms with van der Waals surface area (Å²) in [6.07, 6.45) is 2.25. The van der Waals surface area contributed by atoms with Gasteiger partial charge in [-0.15, -0.1) is 6.58 Å². The first-order valence-electron chi connectivity index (χ1n) is 9.80. The number of carbonyl (C=O) groups excluding carboxylic acids is 1. The molecule has 1 aliphatic rings. The molecule has 6 nitrogen and oxygen atoms in total. The molecule has 1 aromatic heterocycles. The molecule has 0 saturated carbocycles. The van der Waals surface area contributed by atoms with Crippen LogP contribution in [0.1, 0.15) is 18.2 Å². The van der Waals surface area contributed by atoms with Crippen molar-refractivity contribution in [1.82, 2.24) is 14.5 Å². The molecule has 2 heterocycles. The number of hydrogen-bond donors (Lipinski definition) is 0. The lowest BCUT2D eigenvalue weighted by atomic mass is 10.1. The van der Waals surface area contributed by atoms with Crippen molar-refractivity contribution in [2.24, 2.45) is 0 Å². The summed E-state index contributed by atoms with van der Waals surface area (Å²) in [4.78, 5) is 19.0. The van der Waals surface area contributed by atoms with Crippen LogP contribution in [0.25, 0.3) is 11.0 Å². The predicted octanol–water partition coefficient (Wildman–Crippen LogP) is 3.63. The lowest BCUT2D eigenvalue weighted by Gasteiger charge is -2.16. The van der Waals surface area contributed by atoms with Crippen molar-refractivity contribution in [2.75, 3.05) is 26.8 Å². The molecule has 4 rings (SSSR count). The Hall–Kier alpha value is -3.28. The van der Waals surface area contributed by atoms with Crippen molar-refractivity contribution >= 4 is 16.9 Å². The molecule has 6 heteroatoms. The van der Waals surface area contributed by atoms with Crippen molar-refractivity contribution in [3.8, 4) is 11.5 Å². The van der Waals surface area contributed by atoms with Gasteiger partial charge in [-0.25, -0.2) is 4.98 Å². The molecule has 1 aliphatic heterocycles. The zero-order valence-corrected chi connectivity index (χ0v) is 16.6. The molecule has 3 aromatic rings. The van der Waals surface area contributed by atoms with Gasteiger partial charge in [0.05, 0.1) is 24.7 Å². The number of likely N-dealkylation sites (tertiary alicyclic amines) is 1. The molecule has 0 spiro atoms. The average Bonchev–Trinajstić information content (AvgIpc) is 3.29. The van der Waals surface area contributed by atoms with E-state index in [2.05, 4.69) is 17.2 Å². The quantitative estimate of drug-likeness (QED) is 0.550. The number of methoxy groups -OCH3 is 1. The van der Waals surface area contributed by atoms with Gasteiger partial charge in [0.25, 0.3) is 0 Å². The van der Waals surface area contributed by atoms with Gasteiger partial charge in [0.1, 0.15) is 23.9 Å². The first-order valence-corrected chi connectivity index (χ1v) is 9.80. The standard InChI is InChI=1S/C23H25N3O3/c1-3-12-25-16-17(15-22(25)27)23-24-20-6-4-5-7-21(20)26(23)13-14-29-19-10-8-18(28-2)9-11-19/h3-11,17H,1,12-16H2,2H3. The Morgan fingerprint density at radius 3 is 2.69 bits per heavy atom. The highest BCUT2D eigenvalue weighted by Crippen LogP contribution is 2.30. The SMILES string of the molecule is C=CCN1CC(c2nc3ccccc3n2CCOc2ccc(OC)cc2)CC1=O. The minimum Gasteiger partial charge on any atom is -0.497 e. The number of nitrogens with zero attached hydrogens (tertiary/aromatic N) is 3. The predicted molar refractivity (Wildman–Crippen MR) is 112 cm³/mol. The largest absolute Gasteiger partial charge is 0.497 e. The summed E-state index contributed by atoms with van der Waals surface area (Å²) in [5.41, 5.74) is 2.01. The molecule has 0 aliphatic carbocycles. The fourth-order valence-corrected chi connectivity index (χ4v) is 3.84. The minimum atomic E-state index is 0.0795. The van der Waals surface area contributed by atoms with E-state index < -0.39 is 0 Å². The fraction of sp³-hybridized carbons (Fsp3) is 0.304. The maximum Gasteiger partial charge on any atom is 0.223 e. The third-order valence-electron chi connectivity index (χ3n) is 5.26. The maximum atomic E-state index is 12.3. The zero-order chi connectivity index (χ0) is 20.2. The number of fused-ring (bicyclic) bond motifs is 1. The molecule has 1 atom stereocenters. The third kappa shape index (κ3) is 3.97. The van der Waals surface area contributed by atoms with E-state index >= 15 is 0 Å². The van der Waals surface area contributed by atoms with Crippen LogP contribution in [0, 0.1) is 0 Å². The topological polar surface area (TPSA) is 56.6 Å². The molecule has 1 amide bonds. The van der Waals surface area contributed by atoms with Gasteiger partial charge < -0.3 is 18.9 Å². The van der Waals surface area contributed by atoms with Crippen molar-refractivity contribution in [2.45, 2.75) is 18.9 Å². The summed E-state index contributed by atoms with van der Waals surface area (Å²) in [7, 11) is 1.64. The van der Waals surface area contributed by atoms with Crippen LogP contribution in [0.2, 0.25) is 0 Å². The molecule has 0 N–H and O–H groups in total. The monoisotopic (exact) mass is 391 g/mol. The van der Waals surface area contributed by atoms with Crippen molar-refractivity contribution < 1.29 is 14.3 Å². The number of aromatic nitrogens is 2. The lowest BCUT2D eigenvalue weighted by molar-refractivity contribution is -0.127. The van der Waals surface area contributed by atoms with E-state index in [-0.39, 0.29) is 11.8 Å². The molecule has 2 aromatic carbocycles.